The van der Waals surface area contributed by atoms with Gasteiger partial charge in [0.25, 0.3) is 0 Å². The van der Waals surface area contributed by atoms with Crippen LogP contribution in [0.4, 0.5) is 0 Å². The zero-order valence-electron chi connectivity index (χ0n) is 53.0. The molecule has 0 bridgehead atoms. The van der Waals surface area contributed by atoms with Crippen molar-refractivity contribution in [1.29, 1.82) is 0 Å². The highest BCUT2D eigenvalue weighted by Crippen LogP contribution is 2.43. The third kappa shape index (κ3) is 60.8. The predicted octanol–water partition coefficient (Wildman–Crippen LogP) is 20.7. The van der Waals surface area contributed by atoms with Gasteiger partial charge in [0.1, 0.15) is 19.3 Å². The van der Waals surface area contributed by atoms with Crippen molar-refractivity contribution in [2.24, 2.45) is 0 Å². The number of unbranched alkanes of at least 4 members (excludes halogenated alkanes) is 29. The fourth-order valence-electron chi connectivity index (χ4n) is 8.98. The Labute approximate surface area is 499 Å². The summed E-state index contributed by atoms with van der Waals surface area (Å²) in [6, 6.07) is -0.875. The first-order valence-corrected chi connectivity index (χ1v) is 34.4. The second kappa shape index (κ2) is 59.6. The Kier molecular flexibility index (Phi) is 56.9. The van der Waals surface area contributed by atoms with Gasteiger partial charge in [-0.2, -0.15) is 0 Å². The Balaban J connectivity index is 5.11. The molecule has 9 nitrogen and oxygen atoms in total. The Morgan fingerprint density at radius 3 is 1.33 bits per heavy atom. The predicted molar refractivity (Wildman–Crippen MR) is 350 cm³/mol. The lowest BCUT2D eigenvalue weighted by Gasteiger charge is -2.27. The van der Waals surface area contributed by atoms with Crippen LogP contribution in [0, 0.1) is 0 Å². The number of phosphoric acid groups is 1. The van der Waals surface area contributed by atoms with E-state index in [2.05, 4.69) is 74.7 Å². The minimum Gasteiger partial charge on any atom is -0.456 e. The smallest absolute Gasteiger partial charge is 0.456 e. The molecule has 0 aromatic heterocycles. The van der Waals surface area contributed by atoms with Crippen molar-refractivity contribution in [1.82, 2.24) is 5.32 Å². The zero-order valence-corrected chi connectivity index (χ0v) is 53.9. The van der Waals surface area contributed by atoms with E-state index in [0.29, 0.717) is 23.9 Å². The molecule has 2 N–H and O–H groups in total. The van der Waals surface area contributed by atoms with Crippen LogP contribution in [-0.4, -0.2) is 74.3 Å². The highest BCUT2D eigenvalue weighted by molar-refractivity contribution is 7.47. The number of ether oxygens (including phenoxy) is 1. The second-order valence-corrected chi connectivity index (χ2v) is 24.5. The molecule has 0 saturated heterocycles. The summed E-state index contributed by atoms with van der Waals surface area (Å²) in [7, 11) is 1.45. The third-order valence-electron chi connectivity index (χ3n) is 14.0. The van der Waals surface area contributed by atoms with Crippen LogP contribution in [0.25, 0.3) is 0 Å². The molecule has 81 heavy (non-hydrogen) atoms. The standard InChI is InChI=1S/C71H123N2O7P/c1-7-10-13-16-19-22-25-27-29-31-32-33-34-35-36-37-38-39-40-42-43-45-48-51-54-57-60-63-70(74)72-68(67-79-81(76,77)78-66-65-73(4,5)6)69(62-59-56-53-50-47-24-21-18-15-12-9-3)80-71(75)64-61-58-55-52-49-46-44-41-30-28-26-23-20-17-14-11-8-2/h11,14,17,19-20,22-23,26-30,32-33,41,44,46,49,59,62,68-69H,7-10,12-13,15-16,18,21,24-25,31,34-40,42-43,45,47-48,50-58,60-61,63-67H2,1-6H3,(H-,72,74,76,77)/p+1/b14-11-,20-17+,22-19-,26-23+,29-27-,30-28-,33-32-,44-41+,49-46+,62-59-. The topological polar surface area (TPSA) is 111 Å². The number of allylic oxidation sites excluding steroid dienone is 19. The van der Waals surface area contributed by atoms with Crippen LogP contribution in [-0.2, 0) is 27.9 Å². The molecule has 0 aromatic rings. The summed E-state index contributed by atoms with van der Waals surface area (Å²) in [5, 5.41) is 3.05. The molecule has 1 amide bonds. The van der Waals surface area contributed by atoms with Crippen LogP contribution in [0.5, 0.6) is 0 Å². The van der Waals surface area contributed by atoms with E-state index in [9.17, 15) is 19.0 Å². The minimum absolute atomic E-state index is 0.0266. The lowest BCUT2D eigenvalue weighted by molar-refractivity contribution is -0.870. The van der Waals surface area contributed by atoms with E-state index in [-0.39, 0.29) is 31.5 Å². The van der Waals surface area contributed by atoms with Gasteiger partial charge in [0.15, 0.2) is 0 Å². The van der Waals surface area contributed by atoms with E-state index in [1.54, 1.807) is 0 Å². The summed E-state index contributed by atoms with van der Waals surface area (Å²) < 4.78 is 30.7. The van der Waals surface area contributed by atoms with Gasteiger partial charge in [-0.15, -0.1) is 0 Å². The Bertz CT molecular complexity index is 1800. The molecule has 3 atom stereocenters. The number of nitrogens with zero attached hydrogens (tertiary/aromatic N) is 1. The van der Waals surface area contributed by atoms with Gasteiger partial charge in [0.05, 0.1) is 33.8 Å². The van der Waals surface area contributed by atoms with Gasteiger partial charge < -0.3 is 19.4 Å². The maximum atomic E-state index is 13.6. The van der Waals surface area contributed by atoms with Crippen molar-refractivity contribution in [3.63, 3.8) is 0 Å². The van der Waals surface area contributed by atoms with Crippen molar-refractivity contribution < 1.29 is 37.3 Å². The average Bonchev–Trinajstić information content (AvgIpc) is 3.43. The summed E-state index contributed by atoms with van der Waals surface area (Å²) in [5.41, 5.74) is 0. The van der Waals surface area contributed by atoms with E-state index in [1.807, 2.05) is 94.1 Å². The fourth-order valence-corrected chi connectivity index (χ4v) is 9.71. The lowest BCUT2D eigenvalue weighted by atomic mass is 10.0. The molecule has 3 unspecified atom stereocenters. The molecule has 464 valence electrons. The van der Waals surface area contributed by atoms with E-state index in [4.69, 9.17) is 13.8 Å². The summed E-state index contributed by atoms with van der Waals surface area (Å²) in [6.07, 6.45) is 83.5. The monoisotopic (exact) mass is 1150 g/mol. The average molecular weight is 1150 g/mol. The first-order chi connectivity index (χ1) is 39.4. The number of quaternary nitrogens is 1. The molecule has 0 saturated carbocycles. The van der Waals surface area contributed by atoms with Crippen LogP contribution < -0.4 is 5.32 Å². The van der Waals surface area contributed by atoms with Gasteiger partial charge in [0, 0.05) is 12.8 Å². The molecular formula is C71H124N2O7P+. The number of carbonyl (C=O) groups excluding carboxylic acids is 2. The van der Waals surface area contributed by atoms with E-state index < -0.39 is 20.0 Å². The SMILES string of the molecule is CC\C=C/C=C/C=C/C=C\C=C\C=C\CCCCCC(=O)OC(/C=C\CCCCCCCCCCC)C(COP(=O)(O)OCC[N+](C)(C)C)NC(=O)CCCCCCCCCCCCCCCC/C=C\C/C=C\C/C=C\CCCCC. The number of carbonyl (C=O) groups is 2. The maximum absolute atomic E-state index is 13.6. The third-order valence-corrected chi connectivity index (χ3v) is 15.0. The van der Waals surface area contributed by atoms with Gasteiger partial charge in [-0.05, 0) is 89.5 Å². The largest absolute Gasteiger partial charge is 0.472 e. The second-order valence-electron chi connectivity index (χ2n) is 23.1. The van der Waals surface area contributed by atoms with Crippen LogP contribution in [0.2, 0.25) is 0 Å². The highest BCUT2D eigenvalue weighted by Gasteiger charge is 2.30. The van der Waals surface area contributed by atoms with Crippen LogP contribution in [0.15, 0.2) is 122 Å². The number of rotatable bonds is 58. The molecule has 0 rings (SSSR count). The minimum atomic E-state index is -4.47. The van der Waals surface area contributed by atoms with Crippen LogP contribution >= 0.6 is 7.82 Å². The first kappa shape index (κ1) is 77.4. The molecule has 0 aromatic carbocycles. The highest BCUT2D eigenvalue weighted by atomic mass is 31.2. The summed E-state index contributed by atoms with van der Waals surface area (Å²) >= 11 is 0. The molecule has 0 aliphatic rings. The molecule has 0 aliphatic heterocycles. The first-order valence-electron chi connectivity index (χ1n) is 32.9. The van der Waals surface area contributed by atoms with E-state index >= 15 is 0 Å². The summed E-state index contributed by atoms with van der Waals surface area (Å²) in [5.74, 6) is -0.561. The number of nitrogens with one attached hydrogen (secondary N) is 1. The Morgan fingerprint density at radius 1 is 0.457 bits per heavy atom. The van der Waals surface area contributed by atoms with E-state index in [0.717, 1.165) is 77.0 Å². The Morgan fingerprint density at radius 2 is 0.840 bits per heavy atom. The van der Waals surface area contributed by atoms with Crippen molar-refractivity contribution in [3.05, 3.63) is 122 Å². The van der Waals surface area contributed by atoms with Crippen molar-refractivity contribution in [2.75, 3.05) is 40.9 Å². The normalized spacial score (nSPS) is 14.4. The van der Waals surface area contributed by atoms with Gasteiger partial charge in [-0.25, -0.2) is 4.57 Å². The molecule has 0 fully saturated rings. The molecular weight excluding hydrogens is 1020 g/mol. The van der Waals surface area contributed by atoms with Gasteiger partial charge >= 0.3 is 13.8 Å². The number of esters is 1. The lowest BCUT2D eigenvalue weighted by Crippen LogP contribution is -2.47. The summed E-state index contributed by atoms with van der Waals surface area (Å²) in [4.78, 5) is 37.7. The zero-order chi connectivity index (χ0) is 59.3. The number of likely N-dealkylation sites (N-methyl/N-ethyl adjacent to an activating group) is 1. The molecule has 0 heterocycles. The number of hydrogen-bond acceptors (Lipinski definition) is 6. The summed E-state index contributed by atoms with van der Waals surface area (Å²) in [6.45, 7) is 6.80. The van der Waals surface area contributed by atoms with Crippen molar-refractivity contribution in [2.45, 2.75) is 277 Å². The van der Waals surface area contributed by atoms with Crippen LogP contribution in [0.1, 0.15) is 265 Å². The Hall–Kier alpha value is -3.59. The van der Waals surface area contributed by atoms with Crippen molar-refractivity contribution in [3.8, 4) is 0 Å². The number of amides is 1. The van der Waals surface area contributed by atoms with Gasteiger partial charge in [-0.1, -0.05) is 284 Å². The molecule has 0 aliphatic carbocycles. The van der Waals surface area contributed by atoms with Gasteiger partial charge in [-0.3, -0.25) is 18.6 Å². The number of hydrogen-bond donors (Lipinski definition) is 2. The molecule has 0 spiro atoms. The maximum Gasteiger partial charge on any atom is 0.472 e. The van der Waals surface area contributed by atoms with Gasteiger partial charge in [0.2, 0.25) is 5.91 Å². The molecule has 0 radical (unpaired) electrons. The van der Waals surface area contributed by atoms with E-state index in [1.165, 1.54) is 148 Å². The fraction of sp³-hybridized carbons (Fsp3) is 0.690. The number of phosphoric ester groups is 1. The molecule has 10 heteroatoms. The quantitative estimate of drug-likeness (QED) is 0.0156. The van der Waals surface area contributed by atoms with Crippen LogP contribution in [0.3, 0.4) is 0 Å². The van der Waals surface area contributed by atoms with Crippen molar-refractivity contribution >= 4 is 19.7 Å².